The van der Waals surface area contributed by atoms with Crippen LogP contribution in [0.5, 0.6) is 0 Å². The number of methoxy groups -OCH3 is 2. The van der Waals surface area contributed by atoms with Crippen LogP contribution >= 0.6 is 11.3 Å². The molecule has 2 aliphatic heterocycles. The molecule has 12 amide bonds. The highest BCUT2D eigenvalue weighted by atomic mass is 32.1. The number of benzene rings is 3. The molecular weight excluding hydrogens is 1420 g/mol. The van der Waals surface area contributed by atoms with Crippen molar-refractivity contribution in [2.24, 2.45) is 41.2 Å². The van der Waals surface area contributed by atoms with Crippen LogP contribution in [0.4, 0.5) is 21.0 Å². The summed E-state index contributed by atoms with van der Waals surface area (Å²) in [6.07, 6.45) is 5.97. The standard InChI is InChI=1S/C82H123N13O14S/c1-16-54(8)72(67(107-14)49-70(98)94-42-24-28-66(94)73(108-15)56(10)74(99)89-64(78-84-40-44-110-78)48-58-25-19-17-20-26-58)93(13)80(104)65(46-52(4)5)90-77(102)71(53(6)7)91(11)43-38-57-32-36-61(37-33-57)92(12)82(106)109-50-59-30-34-60(35-31-59)86-75(100)62(27-23-39-85-81(83)105)88-76(101)63(45-51(2)3)87-68(96)29-21-18-22-41-95-69(97)47-55(9)79(95)103/h17,19-20,25-26,30-37,40,44,51-56,62-67,71-73H,16,18,21-24,27-29,38-39,41-43,45-50H2,1-15H3,(H,86,100)(H,87,96)(H,88,101)(H,89,99)(H,90,102)(H3,83,85,105)/t54-,55?,56+,62-,63-,64-,65-,66-,67+,71-,72-,73+/m0/s1. The van der Waals surface area contributed by atoms with Gasteiger partial charge in [0.05, 0.1) is 48.7 Å². The van der Waals surface area contributed by atoms with Crippen LogP contribution in [0.3, 0.4) is 0 Å². The van der Waals surface area contributed by atoms with Gasteiger partial charge in [-0.2, -0.15) is 0 Å². The number of likely N-dealkylation sites (tertiary alicyclic amines) is 2. The molecule has 3 heterocycles. The molecule has 606 valence electrons. The van der Waals surface area contributed by atoms with Crippen molar-refractivity contribution in [1.29, 1.82) is 0 Å². The van der Waals surface area contributed by atoms with E-state index in [1.54, 1.807) is 70.6 Å². The van der Waals surface area contributed by atoms with Crippen LogP contribution in [0.1, 0.15) is 180 Å². The molecule has 2 saturated heterocycles. The number of primary amides is 1. The predicted octanol–water partition coefficient (Wildman–Crippen LogP) is 9.32. The number of nitrogens with zero attached hydrogens (tertiary/aromatic N) is 6. The number of hydrogen-bond donors (Lipinski definition) is 7. The molecule has 1 unspecified atom stereocenters. The van der Waals surface area contributed by atoms with Crippen LogP contribution < -0.4 is 42.5 Å². The van der Waals surface area contributed by atoms with Gasteiger partial charge in [0, 0.05) is 96.2 Å². The van der Waals surface area contributed by atoms with Gasteiger partial charge in [-0.1, -0.05) is 137 Å². The number of nitrogens with two attached hydrogens (primary N) is 1. The van der Waals surface area contributed by atoms with Crippen LogP contribution in [0.15, 0.2) is 90.4 Å². The number of thiazole rings is 1. The minimum absolute atomic E-state index is 0.00144. The Morgan fingerprint density at radius 2 is 1.39 bits per heavy atom. The van der Waals surface area contributed by atoms with E-state index < -0.39 is 72.3 Å². The van der Waals surface area contributed by atoms with Crippen molar-refractivity contribution in [2.75, 3.05) is 71.8 Å². The second-order valence-electron chi connectivity index (χ2n) is 30.8. The quantitative estimate of drug-likeness (QED) is 0.0160. The van der Waals surface area contributed by atoms with Crippen molar-refractivity contribution in [3.8, 4) is 0 Å². The monoisotopic (exact) mass is 1550 g/mol. The van der Waals surface area contributed by atoms with Crippen LogP contribution in [0.25, 0.3) is 0 Å². The van der Waals surface area contributed by atoms with E-state index >= 15 is 4.79 Å². The highest BCUT2D eigenvalue weighted by Gasteiger charge is 2.44. The number of carbonyl (C=O) groups excluding carboxylic acids is 11. The maximum Gasteiger partial charge on any atom is 0.414 e. The first-order valence-corrected chi connectivity index (χ1v) is 40.0. The molecule has 0 aliphatic carbocycles. The van der Waals surface area contributed by atoms with Gasteiger partial charge in [0.25, 0.3) is 0 Å². The molecule has 6 rings (SSSR count). The number of nitrogens with one attached hydrogen (secondary N) is 6. The van der Waals surface area contributed by atoms with Gasteiger partial charge in [0.1, 0.15) is 29.7 Å². The lowest BCUT2D eigenvalue weighted by molar-refractivity contribution is -0.147. The Morgan fingerprint density at radius 1 is 0.727 bits per heavy atom. The summed E-state index contributed by atoms with van der Waals surface area (Å²) < 4.78 is 18.0. The number of imide groups is 1. The maximum absolute atomic E-state index is 15.0. The Balaban J connectivity index is 1.00. The van der Waals surface area contributed by atoms with E-state index in [2.05, 4.69) is 36.9 Å². The molecule has 110 heavy (non-hydrogen) atoms. The SMILES string of the molecule is CC[C@H](C)[C@@H]([C@@H](CC(=O)N1CCC[C@H]1[C@H](OC)[C@@H](C)C(=O)N[C@@H](Cc1ccccc1)c1nccs1)OC)N(C)C(=O)[C@H](CC(C)C)NC(=O)[C@H](C(C)C)N(C)CCc1ccc(N(C)C(=O)OCc2ccc(NC(=O)[C@H](CCCNC(N)=O)NC(=O)[C@H](CC(C)C)NC(=O)CCCCCN3C(=O)CC(C)C3=O)cc2)cc1. The topological polar surface area (TPSA) is 343 Å². The fraction of sp³-hybridized carbons (Fsp3) is 0.610. The highest BCUT2D eigenvalue weighted by molar-refractivity contribution is 7.09. The van der Waals surface area contributed by atoms with Gasteiger partial charge in [0.15, 0.2) is 0 Å². The molecule has 0 saturated carbocycles. The lowest BCUT2D eigenvalue weighted by Gasteiger charge is -2.41. The second-order valence-corrected chi connectivity index (χ2v) is 31.8. The maximum atomic E-state index is 15.0. The Morgan fingerprint density at radius 3 is 1.99 bits per heavy atom. The van der Waals surface area contributed by atoms with Gasteiger partial charge in [-0.25, -0.2) is 14.6 Å². The van der Waals surface area contributed by atoms with E-state index in [-0.39, 0.29) is 128 Å². The number of hydrogen-bond acceptors (Lipinski definition) is 17. The molecule has 0 bridgehead atoms. The molecule has 0 spiro atoms. The van der Waals surface area contributed by atoms with Crippen molar-refractivity contribution in [2.45, 2.75) is 227 Å². The zero-order valence-corrected chi connectivity index (χ0v) is 68.2. The smallest absolute Gasteiger partial charge is 0.414 e. The van der Waals surface area contributed by atoms with Gasteiger partial charge in [-0.05, 0) is 136 Å². The van der Waals surface area contributed by atoms with Crippen molar-refractivity contribution < 1.29 is 67.0 Å². The average Bonchev–Trinajstić information content (AvgIpc) is 1.34. The third kappa shape index (κ3) is 27.3. The molecule has 8 N–H and O–H groups in total. The fourth-order valence-corrected chi connectivity index (χ4v) is 15.4. The van der Waals surface area contributed by atoms with Gasteiger partial charge in [0.2, 0.25) is 53.2 Å². The normalized spacial score (nSPS) is 17.2. The molecule has 0 radical (unpaired) electrons. The van der Waals surface area contributed by atoms with E-state index in [4.69, 9.17) is 19.9 Å². The molecule has 3 aromatic carbocycles. The number of aromatic nitrogens is 1. The predicted molar refractivity (Wildman–Crippen MR) is 425 cm³/mol. The van der Waals surface area contributed by atoms with Crippen molar-refractivity contribution in [1.82, 2.24) is 51.2 Å². The summed E-state index contributed by atoms with van der Waals surface area (Å²) in [5.41, 5.74) is 8.89. The molecule has 1 aromatic heterocycles. The van der Waals surface area contributed by atoms with E-state index in [1.807, 2.05) is 139 Å². The molecule has 2 fully saturated rings. The number of ether oxygens (including phenoxy) is 3. The lowest BCUT2D eigenvalue weighted by Crippen LogP contribution is -2.59. The van der Waals surface area contributed by atoms with E-state index in [9.17, 15) is 47.9 Å². The number of anilines is 2. The molecule has 12 atom stereocenters. The summed E-state index contributed by atoms with van der Waals surface area (Å²) in [6, 6.07) is 18.5. The molecule has 27 nitrogen and oxygen atoms in total. The van der Waals surface area contributed by atoms with E-state index in [0.29, 0.717) is 94.4 Å². The minimum Gasteiger partial charge on any atom is -0.444 e. The van der Waals surface area contributed by atoms with Gasteiger partial charge >= 0.3 is 12.1 Å². The van der Waals surface area contributed by atoms with Crippen molar-refractivity contribution >= 4 is 88.0 Å². The number of rotatable bonds is 45. The lowest BCUT2D eigenvalue weighted by atomic mass is 9.89. The summed E-state index contributed by atoms with van der Waals surface area (Å²) in [7, 11) is 8.37. The number of amides is 12. The van der Waals surface area contributed by atoms with Crippen LogP contribution in [0, 0.1) is 35.5 Å². The van der Waals surface area contributed by atoms with Crippen LogP contribution in [-0.4, -0.2) is 200 Å². The largest absolute Gasteiger partial charge is 0.444 e. The Hall–Kier alpha value is -8.86. The summed E-state index contributed by atoms with van der Waals surface area (Å²) in [5, 5.41) is 20.1. The van der Waals surface area contributed by atoms with Crippen molar-refractivity contribution in [3.63, 3.8) is 0 Å². The number of urea groups is 1. The Kier molecular flexibility index (Phi) is 36.7. The number of likely N-dealkylation sites (N-methyl/N-ethyl adjacent to an activating group) is 2. The van der Waals surface area contributed by atoms with Gasteiger partial charge in [-0.3, -0.25) is 57.9 Å². The number of unbranched alkanes of at least 4 members (excludes halogenated alkanes) is 2. The average molecular weight is 1550 g/mol. The fourth-order valence-electron chi connectivity index (χ4n) is 14.7. The van der Waals surface area contributed by atoms with E-state index in [1.165, 1.54) is 21.1 Å². The number of carbonyl (C=O) groups is 11. The molecule has 2 aliphatic rings. The van der Waals surface area contributed by atoms with Crippen molar-refractivity contribution in [3.05, 3.63) is 112 Å². The molecule has 4 aromatic rings. The first-order valence-electron chi connectivity index (χ1n) is 39.1. The third-order valence-electron chi connectivity index (χ3n) is 21.0. The summed E-state index contributed by atoms with van der Waals surface area (Å²) in [4.78, 5) is 161. The van der Waals surface area contributed by atoms with E-state index in [0.717, 1.165) is 22.6 Å². The molecule has 28 heteroatoms. The Labute approximate surface area is 654 Å². The summed E-state index contributed by atoms with van der Waals surface area (Å²) in [5.74, 6) is -3.89. The van der Waals surface area contributed by atoms with Gasteiger partial charge < -0.3 is 61.6 Å². The van der Waals surface area contributed by atoms with Crippen LogP contribution in [0.2, 0.25) is 0 Å². The van der Waals surface area contributed by atoms with Gasteiger partial charge in [-0.15, -0.1) is 11.3 Å². The highest BCUT2D eigenvalue weighted by Crippen LogP contribution is 2.32. The summed E-state index contributed by atoms with van der Waals surface area (Å²) in [6.45, 7) is 20.8. The van der Waals surface area contributed by atoms with Crippen LogP contribution in [-0.2, 0) is 76.8 Å². The zero-order chi connectivity index (χ0) is 80.9. The molecular formula is C82H123N13O14S. The minimum atomic E-state index is -1.07. The first kappa shape index (κ1) is 90.0. The third-order valence-corrected chi connectivity index (χ3v) is 21.8. The Bertz CT molecular complexity index is 3620. The first-order chi connectivity index (χ1) is 52.3. The second kappa shape index (κ2) is 44.8. The zero-order valence-electron chi connectivity index (χ0n) is 67.3. The summed E-state index contributed by atoms with van der Waals surface area (Å²) >= 11 is 1.48.